The second-order valence-electron chi connectivity index (χ2n) is 5.89. The minimum Gasteiger partial charge on any atom is -0.356 e. The van der Waals surface area contributed by atoms with Crippen LogP contribution in [0.3, 0.4) is 0 Å². The normalized spacial score (nSPS) is 12.6. The van der Waals surface area contributed by atoms with Gasteiger partial charge in [-0.1, -0.05) is 13.8 Å². The molecule has 0 aromatic carbocycles. The lowest BCUT2D eigenvalue weighted by molar-refractivity contribution is -0.127. The molecule has 5 nitrogen and oxygen atoms in total. The third-order valence-electron chi connectivity index (χ3n) is 3.03. The van der Waals surface area contributed by atoms with Gasteiger partial charge in [-0.3, -0.25) is 4.79 Å². The van der Waals surface area contributed by atoms with Crippen LogP contribution in [0, 0.1) is 5.92 Å². The van der Waals surface area contributed by atoms with E-state index >= 15 is 0 Å². The Balaban J connectivity index is 0. The summed E-state index contributed by atoms with van der Waals surface area (Å²) in [5.74, 6) is 2.46. The van der Waals surface area contributed by atoms with Gasteiger partial charge in [-0.05, 0) is 31.9 Å². The van der Waals surface area contributed by atoms with Gasteiger partial charge >= 0.3 is 0 Å². The number of halogens is 1. The van der Waals surface area contributed by atoms with Crippen molar-refractivity contribution < 1.29 is 4.79 Å². The summed E-state index contributed by atoms with van der Waals surface area (Å²) in [6.45, 7) is 7.64. The first kappa shape index (κ1) is 24.1. The van der Waals surface area contributed by atoms with Gasteiger partial charge in [-0.2, -0.15) is 11.8 Å². The van der Waals surface area contributed by atoms with Crippen molar-refractivity contribution in [2.24, 2.45) is 10.9 Å². The number of nitrogens with one attached hydrogen (secondary N) is 2. The van der Waals surface area contributed by atoms with Crippen LogP contribution < -0.4 is 10.6 Å². The summed E-state index contributed by atoms with van der Waals surface area (Å²) >= 11 is 1.79. The molecule has 0 heterocycles. The van der Waals surface area contributed by atoms with Crippen molar-refractivity contribution in [3.05, 3.63) is 0 Å². The molecule has 0 aliphatic rings. The number of amides is 1. The highest BCUT2D eigenvalue weighted by molar-refractivity contribution is 14.0. The average Bonchev–Trinajstić information content (AvgIpc) is 2.41. The first-order chi connectivity index (χ1) is 9.86. The molecule has 0 rings (SSSR count). The summed E-state index contributed by atoms with van der Waals surface area (Å²) in [5, 5.41) is 6.67. The zero-order chi connectivity index (χ0) is 16.3. The molecule has 0 radical (unpaired) electrons. The van der Waals surface area contributed by atoms with Crippen LogP contribution in [0.25, 0.3) is 0 Å². The van der Waals surface area contributed by atoms with Gasteiger partial charge in [0, 0.05) is 32.4 Å². The van der Waals surface area contributed by atoms with Crippen LogP contribution in [-0.2, 0) is 4.79 Å². The quantitative estimate of drug-likeness (QED) is 0.248. The van der Waals surface area contributed by atoms with E-state index < -0.39 is 0 Å². The lowest BCUT2D eigenvalue weighted by Crippen LogP contribution is -2.43. The molecule has 0 bridgehead atoms. The molecule has 22 heavy (non-hydrogen) atoms. The highest BCUT2D eigenvalue weighted by atomic mass is 127. The van der Waals surface area contributed by atoms with Crippen LogP contribution in [0.5, 0.6) is 0 Å². The van der Waals surface area contributed by atoms with Crippen LogP contribution in [-0.4, -0.2) is 62.0 Å². The van der Waals surface area contributed by atoms with Crippen LogP contribution >= 0.6 is 35.7 Å². The maximum absolute atomic E-state index is 11.6. The van der Waals surface area contributed by atoms with Crippen LogP contribution in [0.15, 0.2) is 4.99 Å². The Morgan fingerprint density at radius 1 is 1.23 bits per heavy atom. The summed E-state index contributed by atoms with van der Waals surface area (Å²) in [7, 11) is 3.49. The summed E-state index contributed by atoms with van der Waals surface area (Å²) in [6.07, 6.45) is 4.36. The number of hydrogen-bond acceptors (Lipinski definition) is 3. The Morgan fingerprint density at radius 3 is 2.36 bits per heavy atom. The largest absolute Gasteiger partial charge is 0.356 e. The molecule has 1 atom stereocenters. The smallest absolute Gasteiger partial charge is 0.243 e. The molecule has 1 amide bonds. The Kier molecular flexibility index (Phi) is 15.8. The molecule has 1 unspecified atom stereocenters. The van der Waals surface area contributed by atoms with Crippen molar-refractivity contribution >= 4 is 47.6 Å². The Labute approximate surface area is 157 Å². The highest BCUT2D eigenvalue weighted by Crippen LogP contribution is 2.06. The van der Waals surface area contributed by atoms with Crippen molar-refractivity contribution in [2.45, 2.75) is 39.7 Å². The van der Waals surface area contributed by atoms with Crippen LogP contribution in [0.4, 0.5) is 0 Å². The van der Waals surface area contributed by atoms with Crippen molar-refractivity contribution in [1.82, 2.24) is 15.5 Å². The Hall–Kier alpha value is -0.180. The Morgan fingerprint density at radius 2 is 1.86 bits per heavy atom. The minimum atomic E-state index is 0. The predicted molar refractivity (Wildman–Crippen MR) is 109 cm³/mol. The summed E-state index contributed by atoms with van der Waals surface area (Å²) in [4.78, 5) is 17.6. The van der Waals surface area contributed by atoms with Crippen molar-refractivity contribution in [1.29, 1.82) is 0 Å². The average molecular weight is 444 g/mol. The van der Waals surface area contributed by atoms with E-state index in [4.69, 9.17) is 0 Å². The second-order valence-corrected chi connectivity index (χ2v) is 6.87. The van der Waals surface area contributed by atoms with E-state index in [-0.39, 0.29) is 36.4 Å². The van der Waals surface area contributed by atoms with Gasteiger partial charge in [0.15, 0.2) is 5.96 Å². The summed E-state index contributed by atoms with van der Waals surface area (Å²) in [6, 6.07) is 0.349. The number of nitrogens with zero attached hydrogens (tertiary/aromatic N) is 2. The Bertz CT molecular complexity index is 325. The van der Waals surface area contributed by atoms with Gasteiger partial charge in [0.2, 0.25) is 5.91 Å². The predicted octanol–water partition coefficient (Wildman–Crippen LogP) is 2.42. The number of guanidine groups is 1. The number of hydrogen-bond donors (Lipinski definition) is 2. The molecule has 7 heteroatoms. The third-order valence-corrected chi connectivity index (χ3v) is 3.64. The number of aliphatic imine (C=N–C) groups is 1. The molecule has 0 aliphatic heterocycles. The van der Waals surface area contributed by atoms with Gasteiger partial charge in [-0.25, -0.2) is 4.99 Å². The van der Waals surface area contributed by atoms with Crippen molar-refractivity contribution in [3.8, 4) is 0 Å². The SMILES string of the molecule is CSCCNC(=NCC(=O)N(C)C)NC(C)CCC(C)C.I. The molecular weight excluding hydrogens is 411 g/mol. The van der Waals surface area contributed by atoms with E-state index in [0.717, 1.165) is 24.7 Å². The number of carbonyl (C=O) groups excluding carboxylic acids is 1. The first-order valence-electron chi connectivity index (χ1n) is 7.60. The second kappa shape index (κ2) is 14.4. The van der Waals surface area contributed by atoms with E-state index in [9.17, 15) is 4.79 Å². The van der Waals surface area contributed by atoms with Crippen LogP contribution in [0.2, 0.25) is 0 Å². The lowest BCUT2D eigenvalue weighted by Gasteiger charge is -2.19. The van der Waals surface area contributed by atoms with Crippen molar-refractivity contribution in [2.75, 3.05) is 39.2 Å². The molecule has 0 fully saturated rings. The summed E-state index contributed by atoms with van der Waals surface area (Å²) < 4.78 is 0. The fourth-order valence-electron chi connectivity index (χ4n) is 1.60. The van der Waals surface area contributed by atoms with Gasteiger partial charge in [0.05, 0.1) is 0 Å². The highest BCUT2D eigenvalue weighted by Gasteiger charge is 2.08. The van der Waals surface area contributed by atoms with E-state index in [2.05, 4.69) is 42.7 Å². The molecule has 0 aliphatic carbocycles. The summed E-state index contributed by atoms with van der Waals surface area (Å²) in [5.41, 5.74) is 0. The zero-order valence-corrected chi connectivity index (χ0v) is 18.0. The molecule has 2 N–H and O–H groups in total. The molecule has 0 saturated carbocycles. The van der Waals surface area contributed by atoms with E-state index in [1.165, 1.54) is 6.42 Å². The first-order valence-corrected chi connectivity index (χ1v) is 9.00. The maximum Gasteiger partial charge on any atom is 0.243 e. The molecule has 0 aromatic heterocycles. The minimum absolute atomic E-state index is 0. The van der Waals surface area contributed by atoms with Gasteiger partial charge in [-0.15, -0.1) is 24.0 Å². The zero-order valence-electron chi connectivity index (χ0n) is 14.8. The topological polar surface area (TPSA) is 56.7 Å². The number of thioether (sulfide) groups is 1. The van der Waals surface area contributed by atoms with Gasteiger partial charge < -0.3 is 15.5 Å². The maximum atomic E-state index is 11.6. The van der Waals surface area contributed by atoms with Crippen LogP contribution in [0.1, 0.15) is 33.6 Å². The molecule has 0 saturated heterocycles. The number of carbonyl (C=O) groups is 1. The van der Waals surface area contributed by atoms with E-state index in [1.807, 2.05) is 0 Å². The van der Waals surface area contributed by atoms with Gasteiger partial charge in [0.1, 0.15) is 6.54 Å². The lowest BCUT2D eigenvalue weighted by atomic mass is 10.0. The van der Waals surface area contributed by atoms with Gasteiger partial charge in [0.25, 0.3) is 0 Å². The monoisotopic (exact) mass is 444 g/mol. The number of rotatable bonds is 9. The molecular formula is C15H33IN4OS. The molecule has 132 valence electrons. The van der Waals surface area contributed by atoms with E-state index in [1.54, 1.807) is 30.8 Å². The number of likely N-dealkylation sites (N-methyl/N-ethyl adjacent to an activating group) is 1. The molecule has 0 spiro atoms. The van der Waals surface area contributed by atoms with Crippen molar-refractivity contribution in [3.63, 3.8) is 0 Å². The molecule has 0 aromatic rings. The fraction of sp³-hybridized carbons (Fsp3) is 0.867. The fourth-order valence-corrected chi connectivity index (χ4v) is 1.91. The standard InChI is InChI=1S/C15H32N4OS.HI/c1-12(2)7-8-13(3)18-15(16-9-10-21-6)17-11-14(20)19(4)5;/h12-13H,7-11H2,1-6H3,(H2,16,17,18);1H. The third kappa shape index (κ3) is 13.5. The van der Waals surface area contributed by atoms with E-state index in [0.29, 0.717) is 12.0 Å².